The molecule has 5 heteroatoms. The predicted octanol–water partition coefficient (Wildman–Crippen LogP) is 2.95. The number of aliphatic hydroxyl groups excluding tert-OH is 1. The van der Waals surface area contributed by atoms with Crippen molar-refractivity contribution in [1.29, 1.82) is 0 Å². The van der Waals surface area contributed by atoms with Crippen LogP contribution in [0.3, 0.4) is 0 Å². The van der Waals surface area contributed by atoms with Crippen molar-refractivity contribution in [3.05, 3.63) is 34.9 Å². The summed E-state index contributed by atoms with van der Waals surface area (Å²) in [4.78, 5) is 14.0. The molecule has 0 bridgehead atoms. The molecular formula is C15H20ClNO2S. The van der Waals surface area contributed by atoms with Crippen molar-refractivity contribution in [2.45, 2.75) is 31.1 Å². The highest BCUT2D eigenvalue weighted by atomic mass is 35.5. The number of benzene rings is 1. The Kier molecular flexibility index (Phi) is 6.20. The van der Waals surface area contributed by atoms with E-state index in [1.54, 1.807) is 11.8 Å². The van der Waals surface area contributed by atoms with Crippen molar-refractivity contribution < 1.29 is 9.90 Å². The molecule has 0 unspecified atom stereocenters. The van der Waals surface area contributed by atoms with Crippen LogP contribution in [0.5, 0.6) is 0 Å². The van der Waals surface area contributed by atoms with Crippen molar-refractivity contribution in [2.75, 3.05) is 18.9 Å². The molecule has 0 aliphatic heterocycles. The topological polar surface area (TPSA) is 40.5 Å². The zero-order chi connectivity index (χ0) is 14.4. The summed E-state index contributed by atoms with van der Waals surface area (Å²) in [5.74, 6) is 1.42. The van der Waals surface area contributed by atoms with Gasteiger partial charge in [0.2, 0.25) is 5.91 Å². The number of carbonyl (C=O) groups excluding carboxylic acids is 1. The van der Waals surface area contributed by atoms with E-state index in [0.29, 0.717) is 18.3 Å². The molecule has 0 radical (unpaired) electrons. The number of amides is 1. The van der Waals surface area contributed by atoms with Crippen LogP contribution in [0, 0.1) is 0 Å². The molecule has 110 valence electrons. The number of halogens is 1. The molecule has 1 fully saturated rings. The SMILES string of the molecule is O=C(CSCc1ccc(Cl)cc1)N(CCO)C1CCC1. The van der Waals surface area contributed by atoms with Gasteiger partial charge in [-0.3, -0.25) is 4.79 Å². The van der Waals surface area contributed by atoms with Crippen LogP contribution in [-0.4, -0.2) is 40.9 Å². The summed E-state index contributed by atoms with van der Waals surface area (Å²) in [7, 11) is 0. The molecule has 1 aliphatic rings. The molecule has 1 aliphatic carbocycles. The van der Waals surface area contributed by atoms with Gasteiger partial charge in [-0.1, -0.05) is 23.7 Å². The summed E-state index contributed by atoms with van der Waals surface area (Å²) in [6.07, 6.45) is 3.35. The minimum Gasteiger partial charge on any atom is -0.395 e. The lowest BCUT2D eigenvalue weighted by Crippen LogP contribution is -2.46. The number of thioether (sulfide) groups is 1. The zero-order valence-corrected chi connectivity index (χ0v) is 13.0. The van der Waals surface area contributed by atoms with E-state index in [2.05, 4.69) is 0 Å². The number of nitrogens with zero attached hydrogens (tertiary/aromatic N) is 1. The molecule has 1 aromatic carbocycles. The van der Waals surface area contributed by atoms with Gasteiger partial charge >= 0.3 is 0 Å². The Morgan fingerprint density at radius 3 is 2.60 bits per heavy atom. The van der Waals surface area contributed by atoms with Crippen molar-refractivity contribution in [3.63, 3.8) is 0 Å². The first-order chi connectivity index (χ1) is 9.70. The van der Waals surface area contributed by atoms with E-state index in [9.17, 15) is 4.79 Å². The van der Waals surface area contributed by atoms with Crippen molar-refractivity contribution in [2.24, 2.45) is 0 Å². The van der Waals surface area contributed by atoms with Crippen LogP contribution in [-0.2, 0) is 10.5 Å². The molecule has 2 rings (SSSR count). The molecule has 1 aromatic rings. The van der Waals surface area contributed by atoms with Crippen LogP contribution in [0.4, 0.5) is 0 Å². The molecule has 20 heavy (non-hydrogen) atoms. The van der Waals surface area contributed by atoms with Gasteiger partial charge in [0.25, 0.3) is 0 Å². The van der Waals surface area contributed by atoms with Gasteiger partial charge in [0.05, 0.1) is 12.4 Å². The highest BCUT2D eigenvalue weighted by Gasteiger charge is 2.27. The minimum absolute atomic E-state index is 0.0457. The van der Waals surface area contributed by atoms with E-state index in [1.165, 1.54) is 12.0 Å². The number of carbonyl (C=O) groups is 1. The van der Waals surface area contributed by atoms with Crippen LogP contribution >= 0.6 is 23.4 Å². The fourth-order valence-electron chi connectivity index (χ4n) is 2.24. The Morgan fingerprint density at radius 1 is 1.35 bits per heavy atom. The second-order valence-electron chi connectivity index (χ2n) is 5.01. The summed E-state index contributed by atoms with van der Waals surface area (Å²) in [5, 5.41) is 9.80. The minimum atomic E-state index is 0.0457. The van der Waals surface area contributed by atoms with Crippen LogP contribution in [0.1, 0.15) is 24.8 Å². The van der Waals surface area contributed by atoms with Crippen molar-refractivity contribution >= 4 is 29.3 Å². The van der Waals surface area contributed by atoms with Crippen molar-refractivity contribution in [3.8, 4) is 0 Å². The molecule has 0 saturated heterocycles. The standard InChI is InChI=1S/C15H20ClNO2S/c16-13-6-4-12(5-7-13)10-20-11-15(19)17(8-9-18)14-2-1-3-14/h4-7,14,18H,1-3,8-11H2. The van der Waals surface area contributed by atoms with Crippen LogP contribution in [0.2, 0.25) is 5.02 Å². The Labute approximate surface area is 129 Å². The Balaban J connectivity index is 1.76. The van der Waals surface area contributed by atoms with Gasteiger partial charge in [0, 0.05) is 23.4 Å². The van der Waals surface area contributed by atoms with E-state index in [0.717, 1.165) is 23.6 Å². The third-order valence-corrected chi connectivity index (χ3v) is 4.82. The van der Waals surface area contributed by atoms with E-state index >= 15 is 0 Å². The Morgan fingerprint density at radius 2 is 2.05 bits per heavy atom. The molecule has 0 heterocycles. The van der Waals surface area contributed by atoms with Crippen LogP contribution in [0.15, 0.2) is 24.3 Å². The normalized spacial score (nSPS) is 14.9. The first-order valence-corrected chi connectivity index (χ1v) is 8.46. The van der Waals surface area contributed by atoms with Crippen molar-refractivity contribution in [1.82, 2.24) is 4.90 Å². The first kappa shape index (κ1) is 15.7. The maximum Gasteiger partial charge on any atom is 0.232 e. The van der Waals surface area contributed by atoms with Gasteiger partial charge < -0.3 is 10.0 Å². The third kappa shape index (κ3) is 4.40. The molecule has 0 atom stereocenters. The van der Waals surface area contributed by atoms with Gasteiger partial charge in [-0.25, -0.2) is 0 Å². The number of rotatable bonds is 7. The number of hydrogen-bond donors (Lipinski definition) is 1. The molecule has 1 N–H and O–H groups in total. The maximum atomic E-state index is 12.2. The summed E-state index contributed by atoms with van der Waals surface area (Å²) >= 11 is 7.45. The van der Waals surface area contributed by atoms with E-state index < -0.39 is 0 Å². The maximum absolute atomic E-state index is 12.2. The van der Waals surface area contributed by atoms with Crippen LogP contribution < -0.4 is 0 Å². The van der Waals surface area contributed by atoms with Gasteiger partial charge in [0.15, 0.2) is 0 Å². The third-order valence-electron chi connectivity index (χ3n) is 3.58. The molecule has 3 nitrogen and oxygen atoms in total. The Hall–Kier alpha value is -0.710. The lowest BCUT2D eigenvalue weighted by atomic mass is 9.91. The van der Waals surface area contributed by atoms with Crippen LogP contribution in [0.25, 0.3) is 0 Å². The second kappa shape index (κ2) is 7.91. The lowest BCUT2D eigenvalue weighted by Gasteiger charge is -2.37. The number of hydrogen-bond acceptors (Lipinski definition) is 3. The highest BCUT2D eigenvalue weighted by molar-refractivity contribution is 7.99. The molecule has 1 amide bonds. The molecular weight excluding hydrogens is 294 g/mol. The first-order valence-electron chi connectivity index (χ1n) is 6.93. The zero-order valence-electron chi connectivity index (χ0n) is 11.4. The van der Waals surface area contributed by atoms with Gasteiger partial charge in [-0.2, -0.15) is 0 Å². The van der Waals surface area contributed by atoms with Gasteiger partial charge in [-0.15, -0.1) is 11.8 Å². The van der Waals surface area contributed by atoms with E-state index in [4.69, 9.17) is 16.7 Å². The highest BCUT2D eigenvalue weighted by Crippen LogP contribution is 2.25. The largest absolute Gasteiger partial charge is 0.395 e. The van der Waals surface area contributed by atoms with Gasteiger partial charge in [-0.05, 0) is 37.0 Å². The smallest absolute Gasteiger partial charge is 0.232 e. The fraction of sp³-hybridized carbons (Fsp3) is 0.533. The molecule has 0 aromatic heterocycles. The van der Waals surface area contributed by atoms with E-state index in [-0.39, 0.29) is 12.5 Å². The summed E-state index contributed by atoms with van der Waals surface area (Å²) in [6, 6.07) is 8.05. The second-order valence-corrected chi connectivity index (χ2v) is 6.44. The van der Waals surface area contributed by atoms with Gasteiger partial charge in [0.1, 0.15) is 0 Å². The average Bonchev–Trinajstić information content (AvgIpc) is 2.38. The molecule has 0 spiro atoms. The summed E-state index contributed by atoms with van der Waals surface area (Å²) in [5.41, 5.74) is 1.17. The average molecular weight is 314 g/mol. The lowest BCUT2D eigenvalue weighted by molar-refractivity contribution is -0.132. The Bertz CT molecular complexity index is 434. The number of aliphatic hydroxyl groups is 1. The quantitative estimate of drug-likeness (QED) is 0.841. The monoisotopic (exact) mass is 313 g/mol. The predicted molar refractivity (Wildman–Crippen MR) is 84.1 cm³/mol. The molecule has 1 saturated carbocycles. The summed E-state index contributed by atoms with van der Waals surface area (Å²) in [6.45, 7) is 0.509. The fourth-order valence-corrected chi connectivity index (χ4v) is 3.23. The van der Waals surface area contributed by atoms with E-state index in [1.807, 2.05) is 29.2 Å². The summed E-state index contributed by atoms with van der Waals surface area (Å²) < 4.78 is 0.